The van der Waals surface area contributed by atoms with Crippen molar-refractivity contribution in [3.05, 3.63) is 24.0 Å². The quantitative estimate of drug-likeness (QED) is 0.583. The number of hydrogen-bond donors (Lipinski definition) is 3. The number of aromatic nitrogens is 1. The minimum atomic E-state index is 0.204. The van der Waals surface area contributed by atoms with E-state index >= 15 is 0 Å². The maximum absolute atomic E-state index is 5.72. The molecule has 0 amide bonds. The molecule has 84 valence electrons. The second kappa shape index (κ2) is 4.79. The van der Waals surface area contributed by atoms with Crippen molar-refractivity contribution in [2.45, 2.75) is 6.42 Å². The van der Waals surface area contributed by atoms with Crippen molar-refractivity contribution in [3.8, 4) is 0 Å². The van der Waals surface area contributed by atoms with Crippen LogP contribution in [-0.4, -0.2) is 37.8 Å². The van der Waals surface area contributed by atoms with Crippen LogP contribution in [0.5, 0.6) is 0 Å². The van der Waals surface area contributed by atoms with Crippen LogP contribution in [0.25, 0.3) is 0 Å². The largest absolute Gasteiger partial charge is 0.380 e. The van der Waals surface area contributed by atoms with Crippen molar-refractivity contribution in [2.75, 3.05) is 32.8 Å². The lowest BCUT2D eigenvalue weighted by molar-refractivity contribution is -0.104. The predicted molar refractivity (Wildman–Crippen MR) is 59.7 cm³/mol. The topological polar surface area (TPSA) is 63.1 Å². The minimum Gasteiger partial charge on any atom is -0.380 e. The lowest BCUT2D eigenvalue weighted by Gasteiger charge is -2.40. The van der Waals surface area contributed by atoms with E-state index in [9.17, 15) is 0 Å². The molecule has 1 aliphatic heterocycles. The fourth-order valence-electron chi connectivity index (χ4n) is 1.78. The second-order valence-corrected chi connectivity index (χ2v) is 4.32. The summed E-state index contributed by atoms with van der Waals surface area (Å²) in [6, 6.07) is 4.13. The Labute approximate surface area is 90.2 Å². The molecule has 1 aromatic heterocycles. The number of ether oxygens (including phenoxy) is 1. The summed E-state index contributed by atoms with van der Waals surface area (Å²) < 4.78 is 5.21. The predicted octanol–water partition coefficient (Wildman–Crippen LogP) is 0.122. The van der Waals surface area contributed by atoms with E-state index in [1.54, 1.807) is 0 Å². The molecule has 0 aromatic carbocycles. The molecule has 2 heterocycles. The molecule has 0 atom stereocenters. The van der Waals surface area contributed by atoms with Crippen LogP contribution in [-0.2, 0) is 11.2 Å². The molecule has 0 spiro atoms. The summed E-state index contributed by atoms with van der Waals surface area (Å²) in [7, 11) is 0. The third kappa shape index (κ3) is 2.59. The number of nitrogens with one attached hydrogen (secondary N) is 2. The average Bonchev–Trinajstić information content (AvgIpc) is 2.68. The highest BCUT2D eigenvalue weighted by Gasteiger charge is 2.36. The van der Waals surface area contributed by atoms with Crippen LogP contribution >= 0.6 is 0 Å². The van der Waals surface area contributed by atoms with E-state index in [1.807, 2.05) is 12.3 Å². The normalized spacial score (nSPS) is 18.7. The van der Waals surface area contributed by atoms with E-state index in [-0.39, 0.29) is 5.41 Å². The van der Waals surface area contributed by atoms with Crippen molar-refractivity contribution in [1.29, 1.82) is 0 Å². The van der Waals surface area contributed by atoms with Crippen LogP contribution in [0.1, 0.15) is 5.69 Å². The van der Waals surface area contributed by atoms with Gasteiger partial charge in [0.05, 0.1) is 13.2 Å². The molecule has 0 bridgehead atoms. The molecule has 0 saturated carbocycles. The van der Waals surface area contributed by atoms with Gasteiger partial charge in [-0.2, -0.15) is 0 Å². The van der Waals surface area contributed by atoms with Crippen LogP contribution in [0.15, 0.2) is 18.3 Å². The smallest absolute Gasteiger partial charge is 0.0569 e. The van der Waals surface area contributed by atoms with Gasteiger partial charge in [-0.05, 0) is 18.6 Å². The molecule has 0 radical (unpaired) electrons. The lowest BCUT2D eigenvalue weighted by atomic mass is 9.86. The molecule has 2 rings (SSSR count). The van der Waals surface area contributed by atoms with Gasteiger partial charge in [-0.25, -0.2) is 0 Å². The first-order chi connectivity index (χ1) is 7.35. The summed E-state index contributed by atoms with van der Waals surface area (Å²) in [5, 5.41) is 3.44. The van der Waals surface area contributed by atoms with Gasteiger partial charge in [0.15, 0.2) is 0 Å². The maximum atomic E-state index is 5.72. The van der Waals surface area contributed by atoms with Crippen LogP contribution in [0.4, 0.5) is 0 Å². The van der Waals surface area contributed by atoms with Gasteiger partial charge in [-0.1, -0.05) is 0 Å². The van der Waals surface area contributed by atoms with Crippen molar-refractivity contribution in [1.82, 2.24) is 10.3 Å². The van der Waals surface area contributed by atoms with Crippen LogP contribution in [0, 0.1) is 5.41 Å². The Bertz CT molecular complexity index is 275. The summed E-state index contributed by atoms with van der Waals surface area (Å²) in [4.78, 5) is 3.19. The summed E-state index contributed by atoms with van der Waals surface area (Å²) in [6.07, 6.45) is 2.99. The molecule has 1 aliphatic rings. The fourth-order valence-corrected chi connectivity index (χ4v) is 1.78. The zero-order chi connectivity index (χ0) is 10.6. The zero-order valence-corrected chi connectivity index (χ0v) is 8.96. The summed E-state index contributed by atoms with van der Waals surface area (Å²) in [6.45, 7) is 4.27. The maximum Gasteiger partial charge on any atom is 0.0569 e. The Hall–Kier alpha value is -0.840. The van der Waals surface area contributed by atoms with Gasteiger partial charge in [0, 0.05) is 36.9 Å². The van der Waals surface area contributed by atoms with Gasteiger partial charge >= 0.3 is 0 Å². The minimum absolute atomic E-state index is 0.204. The fraction of sp³-hybridized carbons (Fsp3) is 0.636. The van der Waals surface area contributed by atoms with Crippen molar-refractivity contribution >= 4 is 0 Å². The van der Waals surface area contributed by atoms with Crippen molar-refractivity contribution in [2.24, 2.45) is 11.1 Å². The Morgan fingerprint density at radius 1 is 1.53 bits per heavy atom. The first-order valence-electron chi connectivity index (χ1n) is 5.45. The van der Waals surface area contributed by atoms with Crippen LogP contribution in [0.3, 0.4) is 0 Å². The number of nitrogens with two attached hydrogens (primary N) is 1. The molecule has 15 heavy (non-hydrogen) atoms. The Balaban J connectivity index is 1.62. The highest BCUT2D eigenvalue weighted by Crippen LogP contribution is 2.24. The summed E-state index contributed by atoms with van der Waals surface area (Å²) in [5.74, 6) is 0. The van der Waals surface area contributed by atoms with Gasteiger partial charge in [0.1, 0.15) is 0 Å². The van der Waals surface area contributed by atoms with Crippen LogP contribution < -0.4 is 11.1 Å². The molecular formula is C11H19N3O. The second-order valence-electron chi connectivity index (χ2n) is 4.32. The molecule has 1 fully saturated rings. The number of aromatic amines is 1. The van der Waals surface area contributed by atoms with E-state index in [0.29, 0.717) is 6.54 Å². The van der Waals surface area contributed by atoms with Gasteiger partial charge in [-0.15, -0.1) is 0 Å². The highest BCUT2D eigenvalue weighted by atomic mass is 16.5. The van der Waals surface area contributed by atoms with E-state index in [1.165, 1.54) is 5.69 Å². The Morgan fingerprint density at radius 3 is 2.93 bits per heavy atom. The Morgan fingerprint density at radius 2 is 2.40 bits per heavy atom. The average molecular weight is 209 g/mol. The third-order valence-corrected chi connectivity index (χ3v) is 2.98. The molecule has 1 saturated heterocycles. The SMILES string of the molecule is NCC1(CNCCc2ccc[nH]2)COC1. The Kier molecular flexibility index (Phi) is 3.41. The molecule has 0 unspecified atom stereocenters. The number of rotatable bonds is 6. The first-order valence-corrected chi connectivity index (χ1v) is 5.45. The van der Waals surface area contributed by atoms with E-state index in [4.69, 9.17) is 10.5 Å². The molecule has 4 nitrogen and oxygen atoms in total. The molecule has 1 aromatic rings. The molecular weight excluding hydrogens is 190 g/mol. The third-order valence-electron chi connectivity index (χ3n) is 2.98. The zero-order valence-electron chi connectivity index (χ0n) is 8.96. The summed E-state index contributed by atoms with van der Waals surface area (Å²) in [5.41, 5.74) is 7.20. The molecule has 4 heteroatoms. The van der Waals surface area contributed by atoms with Crippen molar-refractivity contribution in [3.63, 3.8) is 0 Å². The number of H-pyrrole nitrogens is 1. The lowest BCUT2D eigenvalue weighted by Crippen LogP contribution is -2.54. The van der Waals surface area contributed by atoms with Crippen LogP contribution in [0.2, 0.25) is 0 Å². The van der Waals surface area contributed by atoms with Gasteiger partial charge in [0.2, 0.25) is 0 Å². The summed E-state index contributed by atoms with van der Waals surface area (Å²) >= 11 is 0. The van der Waals surface area contributed by atoms with E-state index < -0.39 is 0 Å². The van der Waals surface area contributed by atoms with Gasteiger partial charge in [-0.3, -0.25) is 0 Å². The van der Waals surface area contributed by atoms with Gasteiger partial charge in [0.25, 0.3) is 0 Å². The molecule has 4 N–H and O–H groups in total. The van der Waals surface area contributed by atoms with E-state index in [2.05, 4.69) is 16.4 Å². The number of hydrogen-bond acceptors (Lipinski definition) is 3. The molecule has 0 aliphatic carbocycles. The van der Waals surface area contributed by atoms with Gasteiger partial charge < -0.3 is 20.8 Å². The highest BCUT2D eigenvalue weighted by molar-refractivity contribution is 5.03. The monoisotopic (exact) mass is 209 g/mol. The standard InChI is InChI=1S/C11H19N3O/c12-6-11(8-15-9-11)7-13-5-3-10-2-1-4-14-10/h1-2,4,13-14H,3,5-9,12H2. The first kappa shape index (κ1) is 10.7. The van der Waals surface area contributed by atoms with E-state index in [0.717, 1.165) is 32.7 Å². The van der Waals surface area contributed by atoms with Crippen molar-refractivity contribution < 1.29 is 4.74 Å².